The highest BCUT2D eigenvalue weighted by Gasteiger charge is 2.29. The van der Waals surface area contributed by atoms with Crippen LogP contribution >= 0.6 is 0 Å². The van der Waals surface area contributed by atoms with Crippen LogP contribution in [0.15, 0.2) is 54.6 Å². The number of carboxylic acid groups (broad SMARTS) is 2. The van der Waals surface area contributed by atoms with E-state index in [1.165, 1.54) is 0 Å². The van der Waals surface area contributed by atoms with Crippen molar-refractivity contribution in [1.29, 1.82) is 0 Å². The number of hydrogen-bond donors (Lipinski definition) is 5. The summed E-state index contributed by atoms with van der Waals surface area (Å²) < 4.78 is 0. The normalized spacial score (nSPS) is 18.3. The van der Waals surface area contributed by atoms with E-state index < -0.39 is 18.0 Å². The van der Waals surface area contributed by atoms with Crippen molar-refractivity contribution in [3.05, 3.63) is 65.7 Å². The Morgan fingerprint density at radius 2 is 1.52 bits per heavy atom. The van der Waals surface area contributed by atoms with Crippen LogP contribution in [0.5, 0.6) is 0 Å². The largest absolute Gasteiger partial charge is 0.481 e. The molecule has 1 atom stereocenters. The minimum absolute atomic E-state index is 0.0558. The number of carboxylic acids is 2. The number of anilines is 1. The molecule has 1 saturated carbocycles. The number of rotatable bonds is 8. The summed E-state index contributed by atoms with van der Waals surface area (Å²) in [5.74, 6) is -1.54. The molecule has 0 heterocycles. The van der Waals surface area contributed by atoms with E-state index in [0.29, 0.717) is 24.6 Å². The van der Waals surface area contributed by atoms with E-state index in [4.69, 9.17) is 16.6 Å². The third-order valence-corrected chi connectivity index (χ3v) is 5.78. The molecule has 0 saturated heterocycles. The number of nitrogens with one attached hydrogen (secondary N) is 1. The van der Waals surface area contributed by atoms with Gasteiger partial charge in [-0.05, 0) is 61.4 Å². The summed E-state index contributed by atoms with van der Waals surface area (Å²) in [5.41, 5.74) is 13.4. The SMILES string of the molecule is NCC1CCC(C(=O)N[C@@H](Cc2ccccc2)C(=O)O)CC1.Nc1ccc(CC(=O)O)cc1. The van der Waals surface area contributed by atoms with Gasteiger partial charge >= 0.3 is 11.9 Å². The van der Waals surface area contributed by atoms with E-state index in [9.17, 15) is 19.5 Å². The molecule has 8 heteroatoms. The lowest BCUT2D eigenvalue weighted by Gasteiger charge is -2.27. The maximum absolute atomic E-state index is 12.3. The molecule has 7 N–H and O–H groups in total. The fourth-order valence-electron chi connectivity index (χ4n) is 3.81. The summed E-state index contributed by atoms with van der Waals surface area (Å²) in [4.78, 5) is 33.9. The first-order valence-corrected chi connectivity index (χ1v) is 11.1. The third kappa shape index (κ3) is 9.33. The minimum Gasteiger partial charge on any atom is -0.481 e. The Labute approximate surface area is 194 Å². The quantitative estimate of drug-likeness (QED) is 0.383. The summed E-state index contributed by atoms with van der Waals surface area (Å²) in [5, 5.41) is 20.4. The second-order valence-corrected chi connectivity index (χ2v) is 8.35. The molecule has 8 nitrogen and oxygen atoms in total. The van der Waals surface area contributed by atoms with E-state index in [1.807, 2.05) is 30.3 Å². The molecule has 2 aromatic carbocycles. The van der Waals surface area contributed by atoms with Crippen molar-refractivity contribution in [2.45, 2.75) is 44.6 Å². The molecular formula is C25H33N3O5. The first-order valence-electron chi connectivity index (χ1n) is 11.1. The highest BCUT2D eigenvalue weighted by atomic mass is 16.4. The standard InChI is InChI=1S/C17H24N2O3.C8H9NO2/c18-11-13-6-8-14(9-7-13)16(20)19-15(17(21)22)10-12-4-2-1-3-5-12;9-7-3-1-6(2-4-7)5-8(10)11/h1-5,13-15H,6-11,18H2,(H,19,20)(H,21,22);1-4H,5,9H2,(H,10,11)/t13?,14?,15-;/m0./s1. The fraction of sp³-hybridized carbons (Fsp3) is 0.400. The Balaban J connectivity index is 0.000000294. The average Bonchev–Trinajstić information content (AvgIpc) is 2.81. The van der Waals surface area contributed by atoms with Crippen molar-refractivity contribution in [3.63, 3.8) is 0 Å². The van der Waals surface area contributed by atoms with Gasteiger partial charge in [-0.15, -0.1) is 0 Å². The molecule has 1 amide bonds. The number of nitrogens with two attached hydrogens (primary N) is 2. The van der Waals surface area contributed by atoms with Gasteiger partial charge in [-0.25, -0.2) is 4.79 Å². The molecular weight excluding hydrogens is 422 g/mol. The van der Waals surface area contributed by atoms with Gasteiger partial charge in [0, 0.05) is 18.0 Å². The van der Waals surface area contributed by atoms with Crippen molar-refractivity contribution in [3.8, 4) is 0 Å². The molecule has 3 rings (SSSR count). The summed E-state index contributed by atoms with van der Waals surface area (Å²) >= 11 is 0. The van der Waals surface area contributed by atoms with Crippen LogP contribution in [0.25, 0.3) is 0 Å². The van der Waals surface area contributed by atoms with E-state index in [0.717, 1.165) is 36.8 Å². The van der Waals surface area contributed by atoms with Crippen LogP contribution in [-0.4, -0.2) is 40.6 Å². The molecule has 0 aromatic heterocycles. The highest BCUT2D eigenvalue weighted by molar-refractivity contribution is 5.85. The number of benzene rings is 2. The van der Waals surface area contributed by atoms with Gasteiger partial charge in [-0.3, -0.25) is 9.59 Å². The smallest absolute Gasteiger partial charge is 0.326 e. The molecule has 1 fully saturated rings. The molecule has 0 unspecified atom stereocenters. The van der Waals surface area contributed by atoms with Crippen molar-refractivity contribution in [1.82, 2.24) is 5.32 Å². The second kappa shape index (κ2) is 13.2. The van der Waals surface area contributed by atoms with Gasteiger partial charge in [-0.1, -0.05) is 42.5 Å². The van der Waals surface area contributed by atoms with E-state index in [1.54, 1.807) is 24.3 Å². The van der Waals surface area contributed by atoms with E-state index in [-0.39, 0.29) is 18.2 Å². The number of nitrogen functional groups attached to an aromatic ring is 1. The Hall–Kier alpha value is -3.39. The maximum atomic E-state index is 12.3. The topological polar surface area (TPSA) is 156 Å². The van der Waals surface area contributed by atoms with Crippen LogP contribution in [0.2, 0.25) is 0 Å². The zero-order valence-electron chi connectivity index (χ0n) is 18.7. The van der Waals surface area contributed by atoms with Gasteiger partial charge in [0.05, 0.1) is 6.42 Å². The number of carbonyl (C=O) groups is 3. The molecule has 178 valence electrons. The predicted molar refractivity (Wildman–Crippen MR) is 126 cm³/mol. The lowest BCUT2D eigenvalue weighted by Crippen LogP contribution is -2.45. The zero-order chi connectivity index (χ0) is 24.2. The van der Waals surface area contributed by atoms with Gasteiger partial charge in [-0.2, -0.15) is 0 Å². The molecule has 0 bridgehead atoms. The predicted octanol–water partition coefficient (Wildman–Crippen LogP) is 2.46. The second-order valence-electron chi connectivity index (χ2n) is 8.35. The molecule has 0 spiro atoms. The van der Waals surface area contributed by atoms with E-state index in [2.05, 4.69) is 5.32 Å². The van der Waals surface area contributed by atoms with Crippen LogP contribution in [0.1, 0.15) is 36.8 Å². The lowest BCUT2D eigenvalue weighted by atomic mass is 9.81. The van der Waals surface area contributed by atoms with Crippen molar-refractivity contribution >= 4 is 23.5 Å². The summed E-state index contributed by atoms with van der Waals surface area (Å²) in [6.45, 7) is 0.667. The zero-order valence-corrected chi connectivity index (χ0v) is 18.7. The molecule has 0 radical (unpaired) electrons. The van der Waals surface area contributed by atoms with Gasteiger partial charge < -0.3 is 27.0 Å². The Morgan fingerprint density at radius 1 is 0.909 bits per heavy atom. The number of amides is 1. The molecule has 33 heavy (non-hydrogen) atoms. The molecule has 2 aromatic rings. The first kappa shape index (κ1) is 25.9. The lowest BCUT2D eigenvalue weighted by molar-refractivity contribution is -0.142. The first-order chi connectivity index (χ1) is 15.8. The number of hydrogen-bond acceptors (Lipinski definition) is 5. The van der Waals surface area contributed by atoms with Crippen LogP contribution < -0.4 is 16.8 Å². The van der Waals surface area contributed by atoms with Crippen LogP contribution in [-0.2, 0) is 27.2 Å². The molecule has 1 aliphatic rings. The Bertz CT molecular complexity index is 894. The van der Waals surface area contributed by atoms with Crippen LogP contribution in [0.4, 0.5) is 5.69 Å². The molecule has 1 aliphatic carbocycles. The monoisotopic (exact) mass is 455 g/mol. The third-order valence-electron chi connectivity index (χ3n) is 5.78. The number of carbonyl (C=O) groups excluding carboxylic acids is 1. The van der Waals surface area contributed by atoms with Crippen LogP contribution in [0.3, 0.4) is 0 Å². The summed E-state index contributed by atoms with van der Waals surface area (Å²) in [6, 6.07) is 15.3. The Morgan fingerprint density at radius 3 is 2.03 bits per heavy atom. The average molecular weight is 456 g/mol. The van der Waals surface area contributed by atoms with Crippen molar-refractivity contribution in [2.75, 3.05) is 12.3 Å². The maximum Gasteiger partial charge on any atom is 0.326 e. The highest BCUT2D eigenvalue weighted by Crippen LogP contribution is 2.28. The van der Waals surface area contributed by atoms with E-state index >= 15 is 0 Å². The minimum atomic E-state index is -0.993. The van der Waals surface area contributed by atoms with Crippen molar-refractivity contribution < 1.29 is 24.6 Å². The van der Waals surface area contributed by atoms with Crippen LogP contribution in [0, 0.1) is 11.8 Å². The van der Waals surface area contributed by atoms with Gasteiger partial charge in [0.25, 0.3) is 0 Å². The summed E-state index contributed by atoms with van der Waals surface area (Å²) in [6.07, 6.45) is 3.85. The fourth-order valence-corrected chi connectivity index (χ4v) is 3.81. The number of aliphatic carboxylic acids is 2. The summed E-state index contributed by atoms with van der Waals surface area (Å²) in [7, 11) is 0. The van der Waals surface area contributed by atoms with Gasteiger partial charge in [0.15, 0.2) is 0 Å². The molecule has 0 aliphatic heterocycles. The Kier molecular flexibility index (Phi) is 10.4. The van der Waals surface area contributed by atoms with Crippen molar-refractivity contribution in [2.24, 2.45) is 17.6 Å². The van der Waals surface area contributed by atoms with Gasteiger partial charge in [0.2, 0.25) is 5.91 Å². The van der Waals surface area contributed by atoms with Gasteiger partial charge in [0.1, 0.15) is 6.04 Å².